The Balaban J connectivity index is 1.67. The third-order valence-electron chi connectivity index (χ3n) is 4.28. The molecule has 25 heavy (non-hydrogen) atoms. The van der Waals surface area contributed by atoms with Gasteiger partial charge in [-0.1, -0.05) is 25.1 Å². The van der Waals surface area contributed by atoms with Crippen LogP contribution >= 0.6 is 0 Å². The molecule has 130 valence electrons. The van der Waals surface area contributed by atoms with Gasteiger partial charge in [0.25, 0.3) is 0 Å². The predicted molar refractivity (Wildman–Crippen MR) is 93.6 cm³/mol. The zero-order valence-corrected chi connectivity index (χ0v) is 14.2. The maximum Gasteiger partial charge on any atom is 0.339 e. The van der Waals surface area contributed by atoms with Gasteiger partial charge in [-0.25, -0.2) is 4.79 Å². The van der Waals surface area contributed by atoms with E-state index in [9.17, 15) is 9.59 Å². The molecule has 2 aromatic heterocycles. The van der Waals surface area contributed by atoms with Crippen LogP contribution in [0.25, 0.3) is 10.9 Å². The Labute approximate surface area is 144 Å². The van der Waals surface area contributed by atoms with Crippen LogP contribution in [0.1, 0.15) is 39.9 Å². The summed E-state index contributed by atoms with van der Waals surface area (Å²) in [7, 11) is 0. The summed E-state index contributed by atoms with van der Waals surface area (Å²) >= 11 is 0. The minimum absolute atomic E-state index is 0.118. The van der Waals surface area contributed by atoms with Crippen LogP contribution in [0.2, 0.25) is 0 Å². The molecule has 0 aliphatic carbocycles. The Morgan fingerprint density at radius 3 is 2.76 bits per heavy atom. The summed E-state index contributed by atoms with van der Waals surface area (Å²) in [5, 5.41) is 12.8. The molecule has 6 heteroatoms. The number of carboxylic acid groups (broad SMARTS) is 1. The Morgan fingerprint density at radius 1 is 1.28 bits per heavy atom. The molecule has 0 unspecified atom stereocenters. The SMILES string of the molecule is CCc1cccc2c(CC(=O)NCc3cc(C(=O)O)c(C)o3)c[nH]c12. The van der Waals surface area contributed by atoms with E-state index in [4.69, 9.17) is 9.52 Å². The van der Waals surface area contributed by atoms with Crippen molar-refractivity contribution in [1.82, 2.24) is 10.3 Å². The van der Waals surface area contributed by atoms with E-state index in [1.54, 1.807) is 6.92 Å². The lowest BCUT2D eigenvalue weighted by Gasteiger charge is -2.03. The summed E-state index contributed by atoms with van der Waals surface area (Å²) < 4.78 is 5.36. The van der Waals surface area contributed by atoms with Gasteiger partial charge in [-0.05, 0) is 30.5 Å². The number of aryl methyl sites for hydroxylation is 2. The number of aromatic nitrogens is 1. The molecule has 3 N–H and O–H groups in total. The number of para-hydroxylation sites is 1. The number of hydrogen-bond acceptors (Lipinski definition) is 3. The van der Waals surface area contributed by atoms with E-state index in [1.165, 1.54) is 11.6 Å². The van der Waals surface area contributed by atoms with Crippen molar-refractivity contribution >= 4 is 22.8 Å². The largest absolute Gasteiger partial charge is 0.478 e. The molecule has 0 saturated carbocycles. The number of fused-ring (bicyclic) bond motifs is 1. The predicted octanol–water partition coefficient (Wildman–Crippen LogP) is 3.19. The third kappa shape index (κ3) is 3.42. The Bertz CT molecular complexity index is 936. The van der Waals surface area contributed by atoms with Crippen molar-refractivity contribution in [2.45, 2.75) is 33.2 Å². The standard InChI is InChI=1S/C19H20N2O4/c1-3-12-5-4-6-15-13(9-21-18(12)15)7-17(22)20-10-14-8-16(19(23)24)11(2)25-14/h4-6,8-9,21H,3,7,10H2,1-2H3,(H,20,22)(H,23,24). The number of benzene rings is 1. The first-order valence-corrected chi connectivity index (χ1v) is 8.16. The smallest absolute Gasteiger partial charge is 0.339 e. The molecule has 0 fully saturated rings. The highest BCUT2D eigenvalue weighted by atomic mass is 16.4. The van der Waals surface area contributed by atoms with Gasteiger partial charge in [-0.3, -0.25) is 4.79 Å². The van der Waals surface area contributed by atoms with Crippen molar-refractivity contribution in [3.63, 3.8) is 0 Å². The molecule has 0 bridgehead atoms. The third-order valence-corrected chi connectivity index (χ3v) is 4.28. The van der Waals surface area contributed by atoms with Gasteiger partial charge >= 0.3 is 5.97 Å². The van der Waals surface area contributed by atoms with Gasteiger partial charge in [0.1, 0.15) is 17.1 Å². The normalized spacial score (nSPS) is 11.0. The van der Waals surface area contributed by atoms with Crippen molar-refractivity contribution in [3.05, 3.63) is 58.7 Å². The molecule has 3 rings (SSSR count). The summed E-state index contributed by atoms with van der Waals surface area (Å²) in [6, 6.07) is 7.51. The fourth-order valence-electron chi connectivity index (χ4n) is 2.98. The number of amides is 1. The maximum absolute atomic E-state index is 12.2. The number of H-pyrrole nitrogens is 1. The lowest BCUT2D eigenvalue weighted by molar-refractivity contribution is -0.120. The van der Waals surface area contributed by atoms with E-state index in [1.807, 2.05) is 18.3 Å². The zero-order valence-electron chi connectivity index (χ0n) is 14.2. The molecule has 2 heterocycles. The highest BCUT2D eigenvalue weighted by Gasteiger charge is 2.15. The second-order valence-electron chi connectivity index (χ2n) is 5.95. The summed E-state index contributed by atoms with van der Waals surface area (Å²) in [5.41, 5.74) is 3.34. The monoisotopic (exact) mass is 340 g/mol. The molecular weight excluding hydrogens is 320 g/mol. The second kappa shape index (κ2) is 6.84. The van der Waals surface area contributed by atoms with Crippen LogP contribution < -0.4 is 5.32 Å². The van der Waals surface area contributed by atoms with Gasteiger partial charge in [0.2, 0.25) is 5.91 Å². The van der Waals surface area contributed by atoms with Crippen LogP contribution in [0.5, 0.6) is 0 Å². The number of furan rings is 1. The van der Waals surface area contributed by atoms with E-state index in [0.29, 0.717) is 11.5 Å². The van der Waals surface area contributed by atoms with Crippen molar-refractivity contribution in [2.24, 2.45) is 0 Å². The summed E-state index contributed by atoms with van der Waals surface area (Å²) in [6.07, 6.45) is 3.04. The van der Waals surface area contributed by atoms with Crippen molar-refractivity contribution in [1.29, 1.82) is 0 Å². The second-order valence-corrected chi connectivity index (χ2v) is 5.95. The molecule has 1 amide bonds. The lowest BCUT2D eigenvalue weighted by atomic mass is 10.1. The molecule has 3 aromatic rings. The molecule has 0 aliphatic heterocycles. The summed E-state index contributed by atoms with van der Waals surface area (Å²) in [5.74, 6) is -0.422. The van der Waals surface area contributed by atoms with Crippen LogP contribution in [-0.4, -0.2) is 22.0 Å². The number of nitrogens with one attached hydrogen (secondary N) is 2. The van der Waals surface area contributed by atoms with Crippen LogP contribution in [-0.2, 0) is 24.2 Å². The van der Waals surface area contributed by atoms with Crippen molar-refractivity contribution in [3.8, 4) is 0 Å². The molecule has 0 atom stereocenters. The molecular formula is C19H20N2O4. The van der Waals surface area contributed by atoms with Crippen LogP contribution in [0, 0.1) is 6.92 Å². The first-order valence-electron chi connectivity index (χ1n) is 8.16. The van der Waals surface area contributed by atoms with Gasteiger partial charge in [0.05, 0.1) is 13.0 Å². The highest BCUT2D eigenvalue weighted by molar-refractivity contribution is 5.91. The Kier molecular flexibility index (Phi) is 4.61. The average molecular weight is 340 g/mol. The van der Waals surface area contributed by atoms with Crippen LogP contribution in [0.3, 0.4) is 0 Å². The van der Waals surface area contributed by atoms with Gasteiger partial charge in [0, 0.05) is 17.1 Å². The van der Waals surface area contributed by atoms with Crippen LogP contribution in [0.15, 0.2) is 34.9 Å². The minimum Gasteiger partial charge on any atom is -0.478 e. The lowest BCUT2D eigenvalue weighted by Crippen LogP contribution is -2.24. The number of carbonyl (C=O) groups excluding carboxylic acids is 1. The number of rotatable bonds is 6. The number of hydrogen-bond donors (Lipinski definition) is 3. The molecule has 6 nitrogen and oxygen atoms in total. The van der Waals surface area contributed by atoms with E-state index >= 15 is 0 Å². The van der Waals surface area contributed by atoms with Crippen LogP contribution in [0.4, 0.5) is 0 Å². The first-order chi connectivity index (χ1) is 12.0. The fraction of sp³-hybridized carbons (Fsp3) is 0.263. The van der Waals surface area contributed by atoms with E-state index in [-0.39, 0.29) is 24.4 Å². The molecule has 1 aromatic carbocycles. The van der Waals surface area contributed by atoms with Gasteiger partial charge in [-0.15, -0.1) is 0 Å². The van der Waals surface area contributed by atoms with E-state index < -0.39 is 5.97 Å². The average Bonchev–Trinajstić information content (AvgIpc) is 3.16. The number of carboxylic acids is 1. The van der Waals surface area contributed by atoms with E-state index in [0.717, 1.165) is 22.9 Å². The zero-order chi connectivity index (χ0) is 18.0. The van der Waals surface area contributed by atoms with E-state index in [2.05, 4.69) is 23.3 Å². The number of aromatic amines is 1. The highest BCUT2D eigenvalue weighted by Crippen LogP contribution is 2.22. The topological polar surface area (TPSA) is 95.3 Å². The minimum atomic E-state index is -1.04. The fourth-order valence-corrected chi connectivity index (χ4v) is 2.98. The molecule has 0 spiro atoms. The van der Waals surface area contributed by atoms with Gasteiger partial charge in [-0.2, -0.15) is 0 Å². The van der Waals surface area contributed by atoms with Gasteiger partial charge in [0.15, 0.2) is 0 Å². The molecule has 0 aliphatic rings. The van der Waals surface area contributed by atoms with Crippen molar-refractivity contribution < 1.29 is 19.1 Å². The number of aromatic carboxylic acids is 1. The maximum atomic E-state index is 12.2. The Morgan fingerprint density at radius 2 is 2.08 bits per heavy atom. The first kappa shape index (κ1) is 16.8. The number of carbonyl (C=O) groups is 2. The van der Waals surface area contributed by atoms with Crippen molar-refractivity contribution in [2.75, 3.05) is 0 Å². The molecule has 0 saturated heterocycles. The quantitative estimate of drug-likeness (QED) is 0.642. The Hall–Kier alpha value is -3.02. The molecule has 0 radical (unpaired) electrons. The summed E-state index contributed by atoms with van der Waals surface area (Å²) in [4.78, 5) is 26.5. The summed E-state index contributed by atoms with van der Waals surface area (Å²) in [6.45, 7) is 3.85. The van der Waals surface area contributed by atoms with Gasteiger partial charge < -0.3 is 19.8 Å².